The third kappa shape index (κ3) is 3.08. The predicted molar refractivity (Wildman–Crippen MR) is 91.7 cm³/mol. The van der Waals surface area contributed by atoms with Crippen LogP contribution in [0.5, 0.6) is 0 Å². The van der Waals surface area contributed by atoms with Gasteiger partial charge in [0.05, 0.1) is 29.6 Å². The van der Waals surface area contributed by atoms with Gasteiger partial charge in [0.1, 0.15) is 5.82 Å². The highest BCUT2D eigenvalue weighted by Crippen LogP contribution is 2.32. The van der Waals surface area contributed by atoms with E-state index >= 15 is 0 Å². The van der Waals surface area contributed by atoms with Gasteiger partial charge >= 0.3 is 5.97 Å². The monoisotopic (exact) mass is 394 g/mol. The quantitative estimate of drug-likeness (QED) is 0.806. The Morgan fingerprint density at radius 3 is 2.92 bits per heavy atom. The summed E-state index contributed by atoms with van der Waals surface area (Å²) in [6, 6.07) is 7.20. The Hall–Kier alpha value is -2.15. The van der Waals surface area contributed by atoms with Crippen LogP contribution in [0.25, 0.3) is 0 Å². The van der Waals surface area contributed by atoms with Gasteiger partial charge in [-0.15, -0.1) is 0 Å². The fourth-order valence-electron chi connectivity index (χ4n) is 2.91. The first-order chi connectivity index (χ1) is 11.5. The van der Waals surface area contributed by atoms with Crippen LogP contribution >= 0.6 is 15.9 Å². The summed E-state index contributed by atoms with van der Waals surface area (Å²) in [5, 5.41) is 3.09. The number of carbonyl (C=O) groups is 1. The molecule has 0 spiro atoms. The summed E-state index contributed by atoms with van der Waals surface area (Å²) in [6.07, 6.45) is 0.584. The molecule has 126 valence electrons. The summed E-state index contributed by atoms with van der Waals surface area (Å²) < 4.78 is 21.3. The highest BCUT2D eigenvalue weighted by atomic mass is 79.9. The van der Waals surface area contributed by atoms with Crippen LogP contribution in [0, 0.1) is 5.82 Å². The minimum atomic E-state index is -0.480. The van der Waals surface area contributed by atoms with Crippen LogP contribution in [-0.4, -0.2) is 17.1 Å². The van der Waals surface area contributed by atoms with Crippen molar-refractivity contribution in [2.45, 2.75) is 25.9 Å². The maximum Gasteiger partial charge on any atom is 0.339 e. The van der Waals surface area contributed by atoms with E-state index in [1.165, 1.54) is 18.2 Å². The fraction of sp³-hybridized carbons (Fsp3) is 0.294. The second-order valence-corrected chi connectivity index (χ2v) is 6.37. The molecule has 0 amide bonds. The van der Waals surface area contributed by atoms with E-state index in [0.29, 0.717) is 34.4 Å². The number of benzene rings is 1. The lowest BCUT2D eigenvalue weighted by Crippen LogP contribution is -2.24. The first kappa shape index (κ1) is 16.7. The minimum absolute atomic E-state index is 0.182. The van der Waals surface area contributed by atoms with Crippen LogP contribution in [0.3, 0.4) is 0 Å². The van der Waals surface area contributed by atoms with Crippen LogP contribution in [0.1, 0.15) is 35.4 Å². The molecule has 1 aromatic carbocycles. The zero-order valence-corrected chi connectivity index (χ0v) is 14.6. The average molecular weight is 395 g/mol. The number of halogens is 2. The van der Waals surface area contributed by atoms with Crippen LogP contribution in [0.4, 0.5) is 10.1 Å². The largest absolute Gasteiger partial charge is 0.462 e. The Kier molecular flexibility index (Phi) is 4.71. The number of ether oxygens (including phenoxy) is 1. The van der Waals surface area contributed by atoms with Crippen LogP contribution in [0.15, 0.2) is 39.6 Å². The zero-order chi connectivity index (χ0) is 17.3. The first-order valence-electron chi connectivity index (χ1n) is 7.63. The molecule has 1 aliphatic rings. The molecule has 0 aliphatic carbocycles. The van der Waals surface area contributed by atoms with E-state index in [1.54, 1.807) is 23.6 Å². The molecule has 1 atom stereocenters. The summed E-state index contributed by atoms with van der Waals surface area (Å²) >= 11 is 3.22. The molecule has 0 fully saturated rings. The van der Waals surface area contributed by atoms with Crippen molar-refractivity contribution >= 4 is 27.6 Å². The van der Waals surface area contributed by atoms with E-state index in [2.05, 4.69) is 21.2 Å². The van der Waals surface area contributed by atoms with E-state index < -0.39 is 11.8 Å². The van der Waals surface area contributed by atoms with Crippen LogP contribution in [0.2, 0.25) is 0 Å². The van der Waals surface area contributed by atoms with Crippen molar-refractivity contribution in [2.24, 2.45) is 0 Å². The predicted octanol–water partition coefficient (Wildman–Crippen LogP) is 3.48. The molecule has 3 rings (SSSR count). The third-order valence-electron chi connectivity index (χ3n) is 3.95. The number of aromatic nitrogens is 1. The van der Waals surface area contributed by atoms with Gasteiger partial charge in [-0.25, -0.2) is 9.18 Å². The molecule has 24 heavy (non-hydrogen) atoms. The Morgan fingerprint density at radius 1 is 1.42 bits per heavy atom. The van der Waals surface area contributed by atoms with Gasteiger partial charge in [0.2, 0.25) is 0 Å². The van der Waals surface area contributed by atoms with E-state index in [0.717, 1.165) is 0 Å². The van der Waals surface area contributed by atoms with Crippen LogP contribution in [-0.2, 0) is 11.3 Å². The van der Waals surface area contributed by atoms with E-state index in [9.17, 15) is 14.0 Å². The van der Waals surface area contributed by atoms with Gasteiger partial charge in [0, 0.05) is 17.1 Å². The number of fused-ring (bicyclic) bond motifs is 1. The average Bonchev–Trinajstić information content (AvgIpc) is 2.95. The second-order valence-electron chi connectivity index (χ2n) is 5.45. The summed E-state index contributed by atoms with van der Waals surface area (Å²) in [4.78, 5) is 24.2. The van der Waals surface area contributed by atoms with Crippen molar-refractivity contribution in [3.05, 3.63) is 62.2 Å². The number of esters is 1. The van der Waals surface area contributed by atoms with Gasteiger partial charge in [0.15, 0.2) is 0 Å². The van der Waals surface area contributed by atoms with E-state index in [-0.39, 0.29) is 18.2 Å². The molecule has 7 heteroatoms. The van der Waals surface area contributed by atoms with Gasteiger partial charge in [-0.05, 0) is 37.6 Å². The maximum atomic E-state index is 14.1. The topological polar surface area (TPSA) is 60.3 Å². The molecule has 0 saturated carbocycles. The molecule has 1 unspecified atom stereocenters. The molecular weight excluding hydrogens is 379 g/mol. The standard InChI is InChI=1S/C17H16BrFN2O3/c1-2-24-17(23)11-4-6-15(22)21-8-7-14(16(11)21)20-13-5-3-10(18)9-12(13)19/h3-6,9,14,20H,2,7-8H2,1H3. The lowest BCUT2D eigenvalue weighted by molar-refractivity contribution is 0.0524. The SMILES string of the molecule is CCOC(=O)c1ccc(=O)n2c1C(Nc1ccc(Br)cc1F)CC2. The molecule has 0 radical (unpaired) electrons. The molecule has 2 aromatic rings. The number of carbonyl (C=O) groups excluding carboxylic acids is 1. The van der Waals surface area contributed by atoms with Crippen molar-refractivity contribution in [3.63, 3.8) is 0 Å². The first-order valence-corrected chi connectivity index (χ1v) is 8.43. The molecule has 2 heterocycles. The summed E-state index contributed by atoms with van der Waals surface area (Å²) in [7, 11) is 0. The highest BCUT2D eigenvalue weighted by molar-refractivity contribution is 9.10. The number of rotatable bonds is 4. The van der Waals surface area contributed by atoms with Gasteiger partial charge in [-0.1, -0.05) is 15.9 Å². The Morgan fingerprint density at radius 2 is 2.21 bits per heavy atom. The third-order valence-corrected chi connectivity index (χ3v) is 4.45. The zero-order valence-electron chi connectivity index (χ0n) is 13.0. The number of hydrogen-bond acceptors (Lipinski definition) is 4. The fourth-order valence-corrected chi connectivity index (χ4v) is 3.24. The number of anilines is 1. The summed E-state index contributed by atoms with van der Waals surface area (Å²) in [6.45, 7) is 2.44. The number of pyridine rings is 1. The van der Waals surface area contributed by atoms with Crippen molar-refractivity contribution in [3.8, 4) is 0 Å². The number of hydrogen-bond donors (Lipinski definition) is 1. The molecule has 5 nitrogen and oxygen atoms in total. The molecule has 1 aromatic heterocycles. The summed E-state index contributed by atoms with van der Waals surface area (Å²) in [5.41, 5.74) is 1.02. The second kappa shape index (κ2) is 6.76. The molecule has 1 N–H and O–H groups in total. The van der Waals surface area contributed by atoms with Crippen molar-refractivity contribution < 1.29 is 13.9 Å². The number of nitrogens with one attached hydrogen (secondary N) is 1. The lowest BCUT2D eigenvalue weighted by atomic mass is 10.1. The minimum Gasteiger partial charge on any atom is -0.462 e. The number of nitrogens with zero attached hydrogens (tertiary/aromatic N) is 1. The van der Waals surface area contributed by atoms with Gasteiger partial charge in [-0.3, -0.25) is 4.79 Å². The lowest BCUT2D eigenvalue weighted by Gasteiger charge is -2.18. The van der Waals surface area contributed by atoms with Crippen LogP contribution < -0.4 is 10.9 Å². The van der Waals surface area contributed by atoms with E-state index in [4.69, 9.17) is 4.74 Å². The van der Waals surface area contributed by atoms with Crippen molar-refractivity contribution in [1.82, 2.24) is 4.57 Å². The van der Waals surface area contributed by atoms with Crippen molar-refractivity contribution in [2.75, 3.05) is 11.9 Å². The Labute approximate surface area is 146 Å². The van der Waals surface area contributed by atoms with Gasteiger partial charge in [0.25, 0.3) is 5.56 Å². The van der Waals surface area contributed by atoms with Gasteiger partial charge in [-0.2, -0.15) is 0 Å². The smallest absolute Gasteiger partial charge is 0.339 e. The molecule has 0 saturated heterocycles. The molecule has 1 aliphatic heterocycles. The molecule has 0 bridgehead atoms. The highest BCUT2D eigenvalue weighted by Gasteiger charge is 2.30. The Balaban J connectivity index is 1.99. The molecular formula is C17H16BrFN2O3. The van der Waals surface area contributed by atoms with E-state index in [1.807, 2.05) is 0 Å². The maximum absolute atomic E-state index is 14.1. The Bertz CT molecular complexity index is 850. The van der Waals surface area contributed by atoms with Gasteiger partial charge < -0.3 is 14.6 Å². The summed E-state index contributed by atoms with van der Waals surface area (Å²) in [5.74, 6) is -0.884. The normalized spacial score (nSPS) is 15.9. The van der Waals surface area contributed by atoms with Crippen molar-refractivity contribution in [1.29, 1.82) is 0 Å².